The summed E-state index contributed by atoms with van der Waals surface area (Å²) in [5, 5.41) is 5.75. The lowest BCUT2D eigenvalue weighted by molar-refractivity contribution is -0.114. The highest BCUT2D eigenvalue weighted by molar-refractivity contribution is 7.15. The molecule has 2 amide bonds. The summed E-state index contributed by atoms with van der Waals surface area (Å²) < 4.78 is 4.65. The Morgan fingerprint density at radius 2 is 1.66 bits per heavy atom. The number of allylic oxidation sites excluding steroid dienone is 1. The van der Waals surface area contributed by atoms with Crippen molar-refractivity contribution in [3.8, 4) is 0 Å². The van der Waals surface area contributed by atoms with Gasteiger partial charge in [0.05, 0.1) is 29.0 Å². The smallest absolute Gasteiger partial charge is 0.348 e. The fourth-order valence-electron chi connectivity index (χ4n) is 3.16. The first kappa shape index (κ1) is 23.2. The van der Waals surface area contributed by atoms with Gasteiger partial charge in [0.25, 0.3) is 11.8 Å². The number of hydrazone groups is 1. The number of rotatable bonds is 5. The molecule has 9 heteroatoms. The minimum Gasteiger partial charge on any atom is -0.465 e. The van der Waals surface area contributed by atoms with Gasteiger partial charge in [-0.3, -0.25) is 15.0 Å². The molecule has 8 nitrogen and oxygen atoms in total. The normalized spacial score (nSPS) is 15.4. The zero-order chi connectivity index (χ0) is 23.6. The quantitative estimate of drug-likeness (QED) is 0.407. The Hall–Kier alpha value is -3.46. The number of methoxy groups -OCH3 is 1. The molecule has 0 saturated heterocycles. The van der Waals surface area contributed by atoms with Crippen LogP contribution in [0, 0.1) is 0 Å². The predicted molar refractivity (Wildman–Crippen MR) is 125 cm³/mol. The molecule has 1 aromatic carbocycles. The Kier molecular flexibility index (Phi) is 6.50. The van der Waals surface area contributed by atoms with Gasteiger partial charge < -0.3 is 10.2 Å². The second kappa shape index (κ2) is 8.96. The molecule has 0 aliphatic carbocycles. The second-order valence-corrected chi connectivity index (χ2v) is 9.42. The highest BCUT2D eigenvalue weighted by Crippen LogP contribution is 2.28. The molecule has 0 spiro atoms. The van der Waals surface area contributed by atoms with Crippen LogP contribution in [0.25, 0.3) is 0 Å². The number of esters is 1. The van der Waals surface area contributed by atoms with Crippen LogP contribution < -0.4 is 15.9 Å². The lowest BCUT2D eigenvalue weighted by Gasteiger charge is -2.20. The van der Waals surface area contributed by atoms with Crippen LogP contribution >= 0.6 is 11.3 Å². The highest BCUT2D eigenvalue weighted by atomic mass is 32.1. The molecular formula is C23H26N4O4S. The molecule has 2 N–H and O–H groups in total. The Balaban J connectivity index is 1.72. The first-order valence-corrected chi connectivity index (χ1v) is 10.8. The van der Waals surface area contributed by atoms with Crippen LogP contribution in [0.3, 0.4) is 0 Å². The van der Waals surface area contributed by atoms with Gasteiger partial charge in [-0.05, 0) is 49.1 Å². The van der Waals surface area contributed by atoms with Crippen LogP contribution in [0.4, 0.5) is 5.69 Å². The van der Waals surface area contributed by atoms with E-state index in [1.807, 2.05) is 24.3 Å². The second-order valence-electron chi connectivity index (χ2n) is 8.33. The molecule has 0 fully saturated rings. The Labute approximate surface area is 190 Å². The van der Waals surface area contributed by atoms with Crippen LogP contribution in [-0.2, 0) is 14.9 Å². The number of hydrazine groups is 1. The number of hydrogen-bond donors (Lipinski definition) is 2. The minimum absolute atomic E-state index is 0.0106. The molecule has 32 heavy (non-hydrogen) atoms. The van der Waals surface area contributed by atoms with Crippen molar-refractivity contribution in [2.24, 2.45) is 5.10 Å². The van der Waals surface area contributed by atoms with Crippen LogP contribution in [0.2, 0.25) is 0 Å². The SMILES string of the molecule is COC(=O)c1ccc(C(=O)NN/C(C)=C2\C(=O)N(c3ccc(C(C)(C)C)cc3)N=C2C)s1. The van der Waals surface area contributed by atoms with Gasteiger partial charge in [-0.15, -0.1) is 11.3 Å². The molecule has 0 bridgehead atoms. The molecule has 1 aliphatic heterocycles. The van der Waals surface area contributed by atoms with Gasteiger partial charge in [-0.2, -0.15) is 10.1 Å². The average Bonchev–Trinajstić information content (AvgIpc) is 3.35. The number of carbonyl (C=O) groups is 3. The molecule has 0 radical (unpaired) electrons. The van der Waals surface area contributed by atoms with Crippen LogP contribution in [0.1, 0.15) is 59.5 Å². The first-order valence-electron chi connectivity index (χ1n) is 9.99. The largest absolute Gasteiger partial charge is 0.465 e. The van der Waals surface area contributed by atoms with Crippen molar-refractivity contribution in [1.82, 2.24) is 10.9 Å². The van der Waals surface area contributed by atoms with Crippen molar-refractivity contribution < 1.29 is 19.1 Å². The zero-order valence-electron chi connectivity index (χ0n) is 18.9. The predicted octanol–water partition coefficient (Wildman–Crippen LogP) is 3.76. The summed E-state index contributed by atoms with van der Waals surface area (Å²) in [6.45, 7) is 9.81. The van der Waals surface area contributed by atoms with Crippen molar-refractivity contribution in [2.45, 2.75) is 40.0 Å². The van der Waals surface area contributed by atoms with E-state index in [-0.39, 0.29) is 11.3 Å². The van der Waals surface area contributed by atoms with Gasteiger partial charge in [-0.25, -0.2) is 4.79 Å². The van der Waals surface area contributed by atoms with E-state index in [1.54, 1.807) is 13.8 Å². The number of ether oxygens (including phenoxy) is 1. The van der Waals surface area contributed by atoms with E-state index in [9.17, 15) is 14.4 Å². The van der Waals surface area contributed by atoms with Crippen molar-refractivity contribution in [1.29, 1.82) is 0 Å². The zero-order valence-corrected chi connectivity index (χ0v) is 19.7. The summed E-state index contributed by atoms with van der Waals surface area (Å²) in [4.78, 5) is 37.6. The van der Waals surface area contributed by atoms with E-state index >= 15 is 0 Å². The van der Waals surface area contributed by atoms with Crippen molar-refractivity contribution in [3.05, 3.63) is 63.0 Å². The number of nitrogens with one attached hydrogen (secondary N) is 2. The molecule has 0 unspecified atom stereocenters. The molecular weight excluding hydrogens is 428 g/mol. The Morgan fingerprint density at radius 1 is 1.03 bits per heavy atom. The maximum Gasteiger partial charge on any atom is 0.348 e. The van der Waals surface area contributed by atoms with Crippen molar-refractivity contribution in [3.63, 3.8) is 0 Å². The van der Waals surface area contributed by atoms with Crippen molar-refractivity contribution >= 4 is 40.5 Å². The maximum atomic E-state index is 13.0. The van der Waals surface area contributed by atoms with E-state index in [0.717, 1.165) is 16.9 Å². The van der Waals surface area contributed by atoms with Gasteiger partial charge in [0.15, 0.2) is 0 Å². The topological polar surface area (TPSA) is 100 Å². The third kappa shape index (κ3) is 4.72. The van der Waals surface area contributed by atoms with E-state index in [0.29, 0.717) is 32.4 Å². The fourth-order valence-corrected chi connectivity index (χ4v) is 3.98. The highest BCUT2D eigenvalue weighted by Gasteiger charge is 2.31. The lowest BCUT2D eigenvalue weighted by atomic mass is 9.87. The van der Waals surface area contributed by atoms with Crippen LogP contribution in [0.5, 0.6) is 0 Å². The summed E-state index contributed by atoms with van der Waals surface area (Å²) in [6.07, 6.45) is 0. The van der Waals surface area contributed by atoms with E-state index in [2.05, 4.69) is 41.5 Å². The Morgan fingerprint density at radius 3 is 2.25 bits per heavy atom. The fraction of sp³-hybridized carbons (Fsp3) is 0.304. The average molecular weight is 455 g/mol. The number of carbonyl (C=O) groups excluding carboxylic acids is 3. The number of hydrogen-bond acceptors (Lipinski definition) is 7. The standard InChI is InChI=1S/C23H26N4O4S/c1-13(24-25-20(28)17-11-12-18(32-17)22(30)31-6)19-14(2)26-27(21(19)29)16-9-7-15(8-10-16)23(3,4)5/h7-12,24H,1-6H3,(H,25,28)/b19-13-. The first-order chi connectivity index (χ1) is 15.0. The summed E-state index contributed by atoms with van der Waals surface area (Å²) >= 11 is 1.02. The van der Waals surface area contributed by atoms with Gasteiger partial charge in [-0.1, -0.05) is 32.9 Å². The monoisotopic (exact) mass is 454 g/mol. The maximum absolute atomic E-state index is 13.0. The molecule has 168 valence electrons. The molecule has 0 saturated carbocycles. The van der Waals surface area contributed by atoms with Gasteiger partial charge in [0.2, 0.25) is 0 Å². The Bertz CT molecular complexity index is 1120. The lowest BCUT2D eigenvalue weighted by Crippen LogP contribution is -2.37. The van der Waals surface area contributed by atoms with Crippen LogP contribution in [-0.4, -0.2) is 30.6 Å². The van der Waals surface area contributed by atoms with E-state index in [4.69, 9.17) is 0 Å². The van der Waals surface area contributed by atoms with E-state index in [1.165, 1.54) is 24.3 Å². The minimum atomic E-state index is -0.501. The third-order valence-corrected chi connectivity index (χ3v) is 6.01. The van der Waals surface area contributed by atoms with Crippen LogP contribution in [0.15, 0.2) is 52.8 Å². The summed E-state index contributed by atoms with van der Waals surface area (Å²) in [7, 11) is 1.28. The molecule has 2 heterocycles. The third-order valence-electron chi connectivity index (χ3n) is 4.95. The van der Waals surface area contributed by atoms with E-state index < -0.39 is 11.9 Å². The van der Waals surface area contributed by atoms with Gasteiger partial charge >= 0.3 is 5.97 Å². The number of benzene rings is 1. The molecule has 3 rings (SSSR count). The summed E-state index contributed by atoms with van der Waals surface area (Å²) in [6, 6.07) is 10.8. The van der Waals surface area contributed by atoms with Gasteiger partial charge in [0.1, 0.15) is 4.88 Å². The molecule has 0 atom stereocenters. The summed E-state index contributed by atoms with van der Waals surface area (Å²) in [5.41, 5.74) is 8.55. The number of amides is 2. The van der Waals surface area contributed by atoms with Crippen molar-refractivity contribution in [2.75, 3.05) is 12.1 Å². The number of nitrogens with zero attached hydrogens (tertiary/aromatic N) is 2. The van der Waals surface area contributed by atoms with Gasteiger partial charge in [0, 0.05) is 5.70 Å². The molecule has 1 aliphatic rings. The molecule has 2 aromatic rings. The molecule has 1 aromatic heterocycles. The number of anilines is 1. The summed E-state index contributed by atoms with van der Waals surface area (Å²) in [5.74, 6) is -1.21. The number of thiophene rings is 1.